The minimum absolute atomic E-state index is 0.131. The number of carbonyl (C=O) groups excluding carboxylic acids is 1. The van der Waals surface area contributed by atoms with Gasteiger partial charge in [-0.25, -0.2) is 9.79 Å². The van der Waals surface area contributed by atoms with E-state index in [0.29, 0.717) is 5.84 Å². The number of aliphatic imine (C=N–C) groups is 2. The molecule has 0 aromatic carbocycles. The molecule has 0 N–H and O–H groups in total. The summed E-state index contributed by atoms with van der Waals surface area (Å²) in [5.74, 6) is 0.611. The quantitative estimate of drug-likeness (QED) is 0.432. The maximum atomic E-state index is 11.1. The lowest BCUT2D eigenvalue weighted by atomic mass is 10.2. The third-order valence-electron chi connectivity index (χ3n) is 1.27. The molecule has 4 heteroatoms. The molecule has 0 rings (SSSR count). The molecule has 68 valence electrons. The Kier molecular flexibility index (Phi) is 4.18. The molecule has 0 aliphatic heterocycles. The van der Waals surface area contributed by atoms with Crippen LogP contribution in [0.1, 0.15) is 13.8 Å². The van der Waals surface area contributed by atoms with E-state index in [9.17, 15) is 4.79 Å². The van der Waals surface area contributed by atoms with Gasteiger partial charge in [-0.15, -0.1) is 0 Å². The first-order valence-corrected chi connectivity index (χ1v) is 3.75. The van der Waals surface area contributed by atoms with Crippen LogP contribution in [0.3, 0.4) is 0 Å². The summed E-state index contributed by atoms with van der Waals surface area (Å²) in [7, 11) is 3.29. The van der Waals surface area contributed by atoms with Crippen molar-refractivity contribution in [3.05, 3.63) is 0 Å². The molecule has 0 spiro atoms. The van der Waals surface area contributed by atoms with E-state index in [-0.39, 0.29) is 11.9 Å². The van der Waals surface area contributed by atoms with E-state index in [1.807, 2.05) is 13.8 Å². The standard InChI is InChI=1S/C8H15N3O/c1-6(2)7(9-3)10-8(12)11(4)5/h6H,3H2,1-2,4-5H3. The van der Waals surface area contributed by atoms with Crippen molar-refractivity contribution in [1.29, 1.82) is 0 Å². The molecule has 0 radical (unpaired) electrons. The first-order valence-electron chi connectivity index (χ1n) is 3.75. The van der Waals surface area contributed by atoms with E-state index < -0.39 is 0 Å². The van der Waals surface area contributed by atoms with E-state index >= 15 is 0 Å². The summed E-state index contributed by atoms with van der Waals surface area (Å²) >= 11 is 0. The Morgan fingerprint density at radius 2 is 1.92 bits per heavy atom. The van der Waals surface area contributed by atoms with Gasteiger partial charge in [0.2, 0.25) is 0 Å². The Labute approximate surface area is 73.0 Å². The topological polar surface area (TPSA) is 45.0 Å². The Hall–Kier alpha value is -1.19. The summed E-state index contributed by atoms with van der Waals surface area (Å²) in [6.07, 6.45) is 0. The molecular formula is C8H15N3O. The number of urea groups is 1. The van der Waals surface area contributed by atoms with Crippen LogP contribution in [0.25, 0.3) is 0 Å². The Morgan fingerprint density at radius 3 is 2.17 bits per heavy atom. The number of carbonyl (C=O) groups is 1. The van der Waals surface area contributed by atoms with Crippen molar-refractivity contribution in [3.63, 3.8) is 0 Å². The zero-order valence-electron chi connectivity index (χ0n) is 8.03. The normalized spacial score (nSPS) is 11.6. The molecule has 0 aliphatic carbocycles. The van der Waals surface area contributed by atoms with Gasteiger partial charge in [-0.1, -0.05) is 13.8 Å². The van der Waals surface area contributed by atoms with Crippen LogP contribution in [-0.2, 0) is 0 Å². The number of hydrogen-bond donors (Lipinski definition) is 0. The summed E-state index contributed by atoms with van der Waals surface area (Å²) in [4.78, 5) is 19.9. The van der Waals surface area contributed by atoms with Crippen molar-refractivity contribution in [2.45, 2.75) is 13.8 Å². The van der Waals surface area contributed by atoms with Crippen molar-refractivity contribution in [2.75, 3.05) is 14.1 Å². The van der Waals surface area contributed by atoms with Crippen LogP contribution in [0, 0.1) is 5.92 Å². The van der Waals surface area contributed by atoms with Crippen LogP contribution in [-0.4, -0.2) is 37.6 Å². The van der Waals surface area contributed by atoms with Crippen molar-refractivity contribution in [2.24, 2.45) is 15.9 Å². The Morgan fingerprint density at radius 1 is 1.42 bits per heavy atom. The van der Waals surface area contributed by atoms with Gasteiger partial charge >= 0.3 is 6.03 Å². The molecule has 0 saturated carbocycles. The number of amides is 2. The molecule has 0 saturated heterocycles. The summed E-state index contributed by atoms with van der Waals surface area (Å²) in [6, 6.07) is -0.300. The van der Waals surface area contributed by atoms with Gasteiger partial charge in [0.15, 0.2) is 0 Å². The predicted molar refractivity (Wildman–Crippen MR) is 50.9 cm³/mol. The lowest BCUT2D eigenvalue weighted by Crippen LogP contribution is -2.20. The molecule has 0 aromatic heterocycles. The molecule has 0 unspecified atom stereocenters. The van der Waals surface area contributed by atoms with E-state index in [2.05, 4.69) is 16.7 Å². The van der Waals surface area contributed by atoms with E-state index in [4.69, 9.17) is 0 Å². The van der Waals surface area contributed by atoms with Crippen LogP contribution in [0.5, 0.6) is 0 Å². The maximum absolute atomic E-state index is 11.1. The number of hydrogen-bond acceptors (Lipinski definition) is 1. The van der Waals surface area contributed by atoms with Gasteiger partial charge in [-0.05, 0) is 6.72 Å². The zero-order chi connectivity index (χ0) is 9.72. The van der Waals surface area contributed by atoms with Crippen LogP contribution in [0.2, 0.25) is 0 Å². The molecule has 2 amide bonds. The zero-order valence-corrected chi connectivity index (χ0v) is 8.03. The summed E-state index contributed by atoms with van der Waals surface area (Å²) in [5, 5.41) is 0. The maximum Gasteiger partial charge on any atom is 0.344 e. The highest BCUT2D eigenvalue weighted by atomic mass is 16.2. The van der Waals surface area contributed by atoms with Gasteiger partial charge in [0.25, 0.3) is 0 Å². The van der Waals surface area contributed by atoms with Gasteiger partial charge in [-0.3, -0.25) is 0 Å². The summed E-state index contributed by atoms with van der Waals surface area (Å²) < 4.78 is 0. The Balaban J connectivity index is 4.49. The van der Waals surface area contributed by atoms with Gasteiger partial charge in [-0.2, -0.15) is 4.99 Å². The highest BCUT2D eigenvalue weighted by Crippen LogP contribution is 1.99. The third kappa shape index (κ3) is 3.27. The molecule has 12 heavy (non-hydrogen) atoms. The lowest BCUT2D eigenvalue weighted by Gasteiger charge is -2.07. The monoisotopic (exact) mass is 169 g/mol. The highest BCUT2D eigenvalue weighted by molar-refractivity contribution is 5.96. The fourth-order valence-corrected chi connectivity index (χ4v) is 0.545. The number of rotatable bonds is 1. The molecule has 0 fully saturated rings. The fourth-order valence-electron chi connectivity index (χ4n) is 0.545. The second kappa shape index (κ2) is 4.64. The highest BCUT2D eigenvalue weighted by Gasteiger charge is 2.06. The van der Waals surface area contributed by atoms with Crippen molar-refractivity contribution >= 4 is 18.6 Å². The largest absolute Gasteiger partial charge is 0.344 e. The fraction of sp³-hybridized carbons (Fsp3) is 0.625. The van der Waals surface area contributed by atoms with E-state index in [1.165, 1.54) is 4.90 Å². The Bertz CT molecular complexity index is 206. The third-order valence-corrected chi connectivity index (χ3v) is 1.27. The number of amidine groups is 1. The molecule has 0 aliphatic rings. The number of nitrogens with zero attached hydrogens (tertiary/aromatic N) is 3. The molecule has 0 atom stereocenters. The SMILES string of the molecule is C=NC(=NC(=O)N(C)C)C(C)C. The summed E-state index contributed by atoms with van der Waals surface area (Å²) in [6.45, 7) is 7.17. The molecular weight excluding hydrogens is 154 g/mol. The van der Waals surface area contributed by atoms with Crippen molar-refractivity contribution in [3.8, 4) is 0 Å². The van der Waals surface area contributed by atoms with Crippen LogP contribution in [0.4, 0.5) is 4.79 Å². The van der Waals surface area contributed by atoms with Crippen molar-refractivity contribution < 1.29 is 4.79 Å². The van der Waals surface area contributed by atoms with Gasteiger partial charge in [0.05, 0.1) is 0 Å². The predicted octanol–water partition coefficient (Wildman–Crippen LogP) is 1.42. The van der Waals surface area contributed by atoms with Crippen molar-refractivity contribution in [1.82, 2.24) is 4.90 Å². The minimum atomic E-state index is -0.300. The van der Waals surface area contributed by atoms with Crippen LogP contribution < -0.4 is 0 Å². The molecule has 0 aromatic rings. The first kappa shape index (κ1) is 10.8. The minimum Gasteiger partial charge on any atom is -0.329 e. The second-order valence-corrected chi connectivity index (χ2v) is 2.96. The average Bonchev–Trinajstić information content (AvgIpc) is 1.98. The second-order valence-electron chi connectivity index (χ2n) is 2.96. The van der Waals surface area contributed by atoms with Crippen LogP contribution >= 0.6 is 0 Å². The molecule has 0 bridgehead atoms. The smallest absolute Gasteiger partial charge is 0.329 e. The molecule has 4 nitrogen and oxygen atoms in total. The first-order chi connectivity index (χ1) is 5.49. The average molecular weight is 169 g/mol. The summed E-state index contributed by atoms with van der Waals surface area (Å²) in [5.41, 5.74) is 0. The van der Waals surface area contributed by atoms with Gasteiger partial charge in [0, 0.05) is 20.0 Å². The van der Waals surface area contributed by atoms with Gasteiger partial charge < -0.3 is 4.90 Å². The van der Waals surface area contributed by atoms with Gasteiger partial charge in [0.1, 0.15) is 5.84 Å². The van der Waals surface area contributed by atoms with Crippen LogP contribution in [0.15, 0.2) is 9.98 Å². The molecule has 0 heterocycles. The lowest BCUT2D eigenvalue weighted by molar-refractivity contribution is 0.227. The van der Waals surface area contributed by atoms with E-state index in [1.54, 1.807) is 14.1 Å². The van der Waals surface area contributed by atoms with E-state index in [0.717, 1.165) is 0 Å².